The van der Waals surface area contributed by atoms with Gasteiger partial charge in [0.05, 0.1) is 5.69 Å². The van der Waals surface area contributed by atoms with Crippen molar-refractivity contribution in [1.29, 1.82) is 0 Å². The first-order chi connectivity index (χ1) is 9.03. The van der Waals surface area contributed by atoms with Crippen LogP contribution in [0.1, 0.15) is 25.7 Å². The molecule has 1 aromatic carbocycles. The van der Waals surface area contributed by atoms with Crippen LogP contribution in [0, 0.1) is 5.92 Å². The molecule has 1 fully saturated rings. The topological polar surface area (TPSA) is 84.2 Å². The summed E-state index contributed by atoms with van der Waals surface area (Å²) in [6.07, 6.45) is 5.17. The van der Waals surface area contributed by atoms with Crippen molar-refractivity contribution in [3.05, 3.63) is 18.2 Å². The molecule has 106 valence electrons. The van der Waals surface area contributed by atoms with Crippen LogP contribution in [0.5, 0.6) is 0 Å². The van der Waals surface area contributed by atoms with Gasteiger partial charge in [0, 0.05) is 12.2 Å². The first-order valence-corrected chi connectivity index (χ1v) is 8.08. The van der Waals surface area contributed by atoms with Gasteiger partial charge in [-0.15, -0.1) is 0 Å². The number of nitrogens with one attached hydrogen (secondary N) is 2. The first-order valence-electron chi connectivity index (χ1n) is 6.60. The Bertz CT molecular complexity index is 537. The van der Waals surface area contributed by atoms with E-state index in [4.69, 9.17) is 5.73 Å². The summed E-state index contributed by atoms with van der Waals surface area (Å²) in [7, 11) is -2.10. The molecule has 0 saturated heterocycles. The van der Waals surface area contributed by atoms with Crippen molar-refractivity contribution in [2.45, 2.75) is 30.6 Å². The number of hydrogen-bond acceptors (Lipinski definition) is 4. The van der Waals surface area contributed by atoms with E-state index >= 15 is 0 Å². The van der Waals surface area contributed by atoms with Crippen molar-refractivity contribution < 1.29 is 8.42 Å². The Kier molecular flexibility index (Phi) is 4.31. The van der Waals surface area contributed by atoms with Gasteiger partial charge in [0.25, 0.3) is 0 Å². The molecule has 4 N–H and O–H groups in total. The Morgan fingerprint density at radius 1 is 1.32 bits per heavy atom. The average molecular weight is 283 g/mol. The highest BCUT2D eigenvalue weighted by Crippen LogP contribution is 2.26. The van der Waals surface area contributed by atoms with Crippen LogP contribution in [-0.2, 0) is 10.0 Å². The van der Waals surface area contributed by atoms with E-state index < -0.39 is 10.0 Å². The summed E-state index contributed by atoms with van der Waals surface area (Å²) in [5.41, 5.74) is 6.95. The summed E-state index contributed by atoms with van der Waals surface area (Å²) in [6.45, 7) is 0.928. The molecule has 0 radical (unpaired) electrons. The van der Waals surface area contributed by atoms with Crippen LogP contribution in [0.4, 0.5) is 11.4 Å². The van der Waals surface area contributed by atoms with Gasteiger partial charge in [0.2, 0.25) is 10.0 Å². The monoisotopic (exact) mass is 283 g/mol. The molecule has 19 heavy (non-hydrogen) atoms. The number of hydrogen-bond donors (Lipinski definition) is 3. The second-order valence-corrected chi connectivity index (χ2v) is 6.85. The van der Waals surface area contributed by atoms with Crippen LogP contribution in [0.2, 0.25) is 0 Å². The predicted octanol–water partition coefficient (Wildman–Crippen LogP) is 1.78. The van der Waals surface area contributed by atoms with E-state index in [-0.39, 0.29) is 10.6 Å². The maximum Gasteiger partial charge on any atom is 0.242 e. The van der Waals surface area contributed by atoms with Gasteiger partial charge in [-0.3, -0.25) is 0 Å². The van der Waals surface area contributed by atoms with Crippen molar-refractivity contribution in [3.8, 4) is 0 Å². The molecule has 0 bridgehead atoms. The second kappa shape index (κ2) is 5.79. The minimum atomic E-state index is -3.48. The molecule has 0 amide bonds. The Labute approximate surface area is 114 Å². The van der Waals surface area contributed by atoms with Gasteiger partial charge in [-0.25, -0.2) is 13.1 Å². The Morgan fingerprint density at radius 3 is 2.58 bits per heavy atom. The third-order valence-electron chi connectivity index (χ3n) is 3.64. The smallest absolute Gasteiger partial charge is 0.242 e. The maximum absolute atomic E-state index is 11.7. The quantitative estimate of drug-likeness (QED) is 0.719. The molecule has 0 heterocycles. The summed E-state index contributed by atoms with van der Waals surface area (Å²) < 4.78 is 25.6. The lowest BCUT2D eigenvalue weighted by atomic mass is 10.1. The van der Waals surface area contributed by atoms with Gasteiger partial charge in [-0.05, 0) is 44.0 Å². The molecule has 1 aliphatic carbocycles. The van der Waals surface area contributed by atoms with E-state index in [1.807, 2.05) is 0 Å². The molecule has 1 saturated carbocycles. The molecule has 0 aromatic heterocycles. The number of nitrogens with two attached hydrogens (primary N) is 1. The van der Waals surface area contributed by atoms with Crippen molar-refractivity contribution in [2.75, 3.05) is 24.6 Å². The SMILES string of the molecule is CNS(=O)(=O)c1ccc(NCC2CCCC2)cc1N. The zero-order chi connectivity index (χ0) is 13.9. The molecule has 1 aromatic rings. The van der Waals surface area contributed by atoms with Gasteiger partial charge in [-0.2, -0.15) is 0 Å². The Balaban J connectivity index is 2.06. The fraction of sp³-hybridized carbons (Fsp3) is 0.538. The van der Waals surface area contributed by atoms with E-state index in [0.29, 0.717) is 0 Å². The number of anilines is 2. The highest BCUT2D eigenvalue weighted by atomic mass is 32.2. The van der Waals surface area contributed by atoms with Crippen molar-refractivity contribution in [2.24, 2.45) is 5.92 Å². The maximum atomic E-state index is 11.7. The number of sulfonamides is 1. The molecule has 0 spiro atoms. The van der Waals surface area contributed by atoms with Crippen LogP contribution in [0.25, 0.3) is 0 Å². The van der Waals surface area contributed by atoms with Crippen molar-refractivity contribution >= 4 is 21.4 Å². The summed E-state index contributed by atoms with van der Waals surface area (Å²) in [4.78, 5) is 0.126. The largest absolute Gasteiger partial charge is 0.398 e. The highest BCUT2D eigenvalue weighted by molar-refractivity contribution is 7.89. The van der Waals surface area contributed by atoms with Crippen LogP contribution >= 0.6 is 0 Å². The molecule has 1 aliphatic rings. The molecule has 0 aliphatic heterocycles. The predicted molar refractivity (Wildman–Crippen MR) is 77.5 cm³/mol. The van der Waals surface area contributed by atoms with Gasteiger partial charge in [-0.1, -0.05) is 12.8 Å². The Morgan fingerprint density at radius 2 is 2.00 bits per heavy atom. The minimum absolute atomic E-state index is 0.126. The van der Waals surface area contributed by atoms with Gasteiger partial charge >= 0.3 is 0 Å². The molecular formula is C13H21N3O2S. The normalized spacial score (nSPS) is 16.7. The third-order valence-corrected chi connectivity index (χ3v) is 5.13. The zero-order valence-electron chi connectivity index (χ0n) is 11.1. The molecule has 6 heteroatoms. The lowest BCUT2D eigenvalue weighted by Crippen LogP contribution is -2.20. The van der Waals surface area contributed by atoms with E-state index in [0.717, 1.165) is 18.2 Å². The van der Waals surface area contributed by atoms with Crippen molar-refractivity contribution in [3.63, 3.8) is 0 Å². The molecule has 2 rings (SSSR count). The van der Waals surface area contributed by atoms with E-state index in [9.17, 15) is 8.42 Å². The highest BCUT2D eigenvalue weighted by Gasteiger charge is 2.17. The molecule has 0 atom stereocenters. The molecule has 5 nitrogen and oxygen atoms in total. The lowest BCUT2D eigenvalue weighted by molar-refractivity contribution is 0.580. The number of benzene rings is 1. The summed E-state index contributed by atoms with van der Waals surface area (Å²) in [5.74, 6) is 0.724. The van der Waals surface area contributed by atoms with Crippen molar-refractivity contribution in [1.82, 2.24) is 4.72 Å². The summed E-state index contributed by atoms with van der Waals surface area (Å²) in [6, 6.07) is 4.98. The third kappa shape index (κ3) is 3.39. The van der Waals surface area contributed by atoms with E-state index in [1.165, 1.54) is 38.8 Å². The standard InChI is InChI=1S/C13H21N3O2S/c1-15-19(17,18)13-7-6-11(8-12(13)14)16-9-10-4-2-3-5-10/h6-8,10,15-16H,2-5,9,14H2,1H3. The summed E-state index contributed by atoms with van der Waals surface area (Å²) in [5, 5.41) is 3.33. The second-order valence-electron chi connectivity index (χ2n) is 4.99. The molecule has 0 unspecified atom stereocenters. The van der Waals surface area contributed by atoms with Crippen LogP contribution < -0.4 is 15.8 Å². The minimum Gasteiger partial charge on any atom is -0.398 e. The fourth-order valence-electron chi connectivity index (χ4n) is 2.49. The first kappa shape index (κ1) is 14.1. The number of rotatable bonds is 5. The number of nitrogen functional groups attached to an aromatic ring is 1. The van der Waals surface area contributed by atoms with E-state index in [1.54, 1.807) is 12.1 Å². The Hall–Kier alpha value is -1.27. The fourth-order valence-corrected chi connectivity index (χ4v) is 3.33. The van der Waals surface area contributed by atoms with Gasteiger partial charge in [0.15, 0.2) is 0 Å². The van der Waals surface area contributed by atoms with Crippen LogP contribution in [0.15, 0.2) is 23.1 Å². The van der Waals surface area contributed by atoms with Crippen LogP contribution in [-0.4, -0.2) is 22.0 Å². The lowest BCUT2D eigenvalue weighted by Gasteiger charge is -2.13. The van der Waals surface area contributed by atoms with Gasteiger partial charge in [0.1, 0.15) is 4.90 Å². The average Bonchev–Trinajstić information content (AvgIpc) is 2.89. The zero-order valence-corrected chi connectivity index (χ0v) is 12.0. The van der Waals surface area contributed by atoms with E-state index in [2.05, 4.69) is 10.0 Å². The summed E-state index contributed by atoms with van der Waals surface area (Å²) >= 11 is 0. The molecular weight excluding hydrogens is 262 g/mol. The van der Waals surface area contributed by atoms with Gasteiger partial charge < -0.3 is 11.1 Å². The van der Waals surface area contributed by atoms with Crippen LogP contribution in [0.3, 0.4) is 0 Å².